The Morgan fingerprint density at radius 3 is 3.12 bits per heavy atom. The monoisotopic (exact) mass is 234 g/mol. The minimum Gasteiger partial charge on any atom is -0.398 e. The lowest BCUT2D eigenvalue weighted by Crippen LogP contribution is -2.38. The van der Waals surface area contributed by atoms with E-state index >= 15 is 0 Å². The maximum atomic E-state index is 11.8. The summed E-state index contributed by atoms with van der Waals surface area (Å²) in [6, 6.07) is 5.88. The molecule has 1 aromatic rings. The number of carbonyl (C=O) groups excluding carboxylic acids is 1. The largest absolute Gasteiger partial charge is 0.398 e. The van der Waals surface area contributed by atoms with E-state index in [1.807, 2.05) is 30.0 Å². The Hall–Kier alpha value is -1.55. The lowest BCUT2D eigenvalue weighted by molar-refractivity contribution is -0.136. The maximum absolute atomic E-state index is 11.8. The predicted octanol–water partition coefficient (Wildman–Crippen LogP) is 1.19. The van der Waals surface area contributed by atoms with Crippen molar-refractivity contribution in [2.75, 3.05) is 25.5 Å². The van der Waals surface area contributed by atoms with Gasteiger partial charge in [-0.25, -0.2) is 0 Å². The van der Waals surface area contributed by atoms with Gasteiger partial charge in [0.15, 0.2) is 0 Å². The predicted molar refractivity (Wildman–Crippen MR) is 66.5 cm³/mol. The van der Waals surface area contributed by atoms with Gasteiger partial charge in [-0.2, -0.15) is 0 Å². The molecular formula is C13H18N2O2. The Morgan fingerprint density at radius 2 is 2.35 bits per heavy atom. The first-order valence-electron chi connectivity index (χ1n) is 5.94. The number of anilines is 1. The molecule has 0 saturated carbocycles. The van der Waals surface area contributed by atoms with Crippen molar-refractivity contribution < 1.29 is 9.53 Å². The molecule has 0 atom stereocenters. The molecule has 0 unspecified atom stereocenters. The molecule has 4 nitrogen and oxygen atoms in total. The van der Waals surface area contributed by atoms with Gasteiger partial charge in [0.1, 0.15) is 6.61 Å². The first kappa shape index (κ1) is 11.9. The summed E-state index contributed by atoms with van der Waals surface area (Å²) in [7, 11) is 0. The van der Waals surface area contributed by atoms with E-state index in [4.69, 9.17) is 10.5 Å². The number of benzene rings is 1. The zero-order chi connectivity index (χ0) is 12.3. The zero-order valence-electron chi connectivity index (χ0n) is 10.1. The van der Waals surface area contributed by atoms with Gasteiger partial charge in [-0.3, -0.25) is 4.79 Å². The third-order valence-electron chi connectivity index (χ3n) is 3.08. The molecule has 1 aliphatic rings. The van der Waals surface area contributed by atoms with Crippen molar-refractivity contribution in [2.45, 2.75) is 19.9 Å². The molecule has 0 radical (unpaired) electrons. The molecular weight excluding hydrogens is 216 g/mol. The van der Waals surface area contributed by atoms with Crippen LogP contribution in [0.25, 0.3) is 0 Å². The van der Waals surface area contributed by atoms with Crippen LogP contribution in [-0.2, 0) is 22.5 Å². The number of nitrogen functional groups attached to an aromatic ring is 1. The minimum atomic E-state index is 0.0555. The Balaban J connectivity index is 2.06. The second kappa shape index (κ2) is 5.19. The highest BCUT2D eigenvalue weighted by Crippen LogP contribution is 2.23. The molecule has 2 N–H and O–H groups in total. The number of hydrogen-bond acceptors (Lipinski definition) is 3. The molecule has 0 aliphatic carbocycles. The van der Waals surface area contributed by atoms with Gasteiger partial charge in [-0.1, -0.05) is 12.1 Å². The highest BCUT2D eigenvalue weighted by molar-refractivity contribution is 5.78. The molecule has 0 aromatic heterocycles. The van der Waals surface area contributed by atoms with Crippen LogP contribution >= 0.6 is 0 Å². The summed E-state index contributed by atoms with van der Waals surface area (Å²) < 4.78 is 5.14. The summed E-state index contributed by atoms with van der Waals surface area (Å²) in [5.74, 6) is 0.0555. The smallest absolute Gasteiger partial charge is 0.248 e. The number of fused-ring (bicyclic) bond motifs is 1. The van der Waals surface area contributed by atoms with E-state index in [0.29, 0.717) is 13.2 Å². The fourth-order valence-corrected chi connectivity index (χ4v) is 2.13. The van der Waals surface area contributed by atoms with Crippen LogP contribution in [0.3, 0.4) is 0 Å². The third-order valence-corrected chi connectivity index (χ3v) is 3.08. The standard InChI is InChI=1S/C13H18N2O2/c1-2-17-9-13(16)15-7-6-11-10(8-15)4-3-5-12(11)14/h3-5H,2,6-9,14H2,1H3. The van der Waals surface area contributed by atoms with E-state index in [1.165, 1.54) is 5.56 Å². The van der Waals surface area contributed by atoms with Gasteiger partial charge < -0.3 is 15.4 Å². The summed E-state index contributed by atoms with van der Waals surface area (Å²) >= 11 is 0. The average Bonchev–Trinajstić information content (AvgIpc) is 2.36. The van der Waals surface area contributed by atoms with Gasteiger partial charge in [0, 0.05) is 25.4 Å². The number of hydrogen-bond donors (Lipinski definition) is 1. The van der Waals surface area contributed by atoms with Crippen molar-refractivity contribution in [3.63, 3.8) is 0 Å². The van der Waals surface area contributed by atoms with Crippen molar-refractivity contribution in [2.24, 2.45) is 0 Å². The molecule has 0 spiro atoms. The molecule has 92 valence electrons. The molecule has 17 heavy (non-hydrogen) atoms. The highest BCUT2D eigenvalue weighted by atomic mass is 16.5. The zero-order valence-corrected chi connectivity index (χ0v) is 10.1. The fourth-order valence-electron chi connectivity index (χ4n) is 2.13. The molecule has 2 rings (SSSR count). The molecule has 0 saturated heterocycles. The van der Waals surface area contributed by atoms with Crippen molar-refractivity contribution >= 4 is 11.6 Å². The Bertz CT molecular complexity index is 418. The Morgan fingerprint density at radius 1 is 1.53 bits per heavy atom. The topological polar surface area (TPSA) is 55.6 Å². The number of nitrogens with zero attached hydrogens (tertiary/aromatic N) is 1. The normalized spacial score (nSPS) is 14.5. The van der Waals surface area contributed by atoms with Crippen LogP contribution in [0.4, 0.5) is 5.69 Å². The average molecular weight is 234 g/mol. The van der Waals surface area contributed by atoms with Crippen molar-refractivity contribution in [3.05, 3.63) is 29.3 Å². The number of rotatable bonds is 3. The van der Waals surface area contributed by atoms with Gasteiger partial charge in [0.25, 0.3) is 0 Å². The minimum absolute atomic E-state index is 0.0555. The van der Waals surface area contributed by atoms with E-state index in [1.54, 1.807) is 0 Å². The summed E-state index contributed by atoms with van der Waals surface area (Å²) in [6.45, 7) is 4.01. The van der Waals surface area contributed by atoms with Crippen molar-refractivity contribution in [1.82, 2.24) is 4.90 Å². The number of ether oxygens (including phenoxy) is 1. The number of amides is 1. The van der Waals surface area contributed by atoms with Crippen LogP contribution in [0.1, 0.15) is 18.1 Å². The molecule has 0 fully saturated rings. The van der Waals surface area contributed by atoms with E-state index < -0.39 is 0 Å². The summed E-state index contributed by atoms with van der Waals surface area (Å²) in [6.07, 6.45) is 0.833. The molecule has 1 amide bonds. The van der Waals surface area contributed by atoms with Crippen LogP contribution in [0.2, 0.25) is 0 Å². The third kappa shape index (κ3) is 2.58. The second-order valence-electron chi connectivity index (χ2n) is 4.19. The molecule has 4 heteroatoms. The quantitative estimate of drug-likeness (QED) is 0.799. The lowest BCUT2D eigenvalue weighted by Gasteiger charge is -2.29. The second-order valence-corrected chi connectivity index (χ2v) is 4.19. The first-order valence-corrected chi connectivity index (χ1v) is 5.94. The van der Waals surface area contributed by atoms with Crippen LogP contribution < -0.4 is 5.73 Å². The summed E-state index contributed by atoms with van der Waals surface area (Å²) in [4.78, 5) is 13.7. The summed E-state index contributed by atoms with van der Waals surface area (Å²) in [5.41, 5.74) is 9.09. The van der Waals surface area contributed by atoms with Crippen LogP contribution in [0, 0.1) is 0 Å². The molecule has 1 aromatic carbocycles. The molecule has 1 aliphatic heterocycles. The fraction of sp³-hybridized carbons (Fsp3) is 0.462. The maximum Gasteiger partial charge on any atom is 0.248 e. The first-order chi connectivity index (χ1) is 8.22. The number of nitrogens with two attached hydrogens (primary N) is 1. The van der Waals surface area contributed by atoms with Crippen molar-refractivity contribution in [3.8, 4) is 0 Å². The van der Waals surface area contributed by atoms with Crippen molar-refractivity contribution in [1.29, 1.82) is 0 Å². The highest BCUT2D eigenvalue weighted by Gasteiger charge is 2.21. The lowest BCUT2D eigenvalue weighted by atomic mass is 9.98. The van der Waals surface area contributed by atoms with E-state index in [2.05, 4.69) is 0 Å². The van der Waals surface area contributed by atoms with Gasteiger partial charge in [0.05, 0.1) is 0 Å². The van der Waals surface area contributed by atoms with Gasteiger partial charge in [-0.05, 0) is 30.5 Å². The van der Waals surface area contributed by atoms with Crippen LogP contribution in [0.15, 0.2) is 18.2 Å². The number of carbonyl (C=O) groups is 1. The van der Waals surface area contributed by atoms with E-state index in [9.17, 15) is 4.79 Å². The van der Waals surface area contributed by atoms with Crippen LogP contribution in [-0.4, -0.2) is 30.6 Å². The van der Waals surface area contributed by atoms with Crippen LogP contribution in [0.5, 0.6) is 0 Å². The van der Waals surface area contributed by atoms with E-state index in [-0.39, 0.29) is 12.5 Å². The van der Waals surface area contributed by atoms with Gasteiger partial charge in [-0.15, -0.1) is 0 Å². The Labute approximate surface area is 101 Å². The SMILES string of the molecule is CCOCC(=O)N1CCc2c(N)cccc2C1. The molecule has 1 heterocycles. The van der Waals surface area contributed by atoms with Gasteiger partial charge >= 0.3 is 0 Å². The Kier molecular flexibility index (Phi) is 3.64. The van der Waals surface area contributed by atoms with E-state index in [0.717, 1.165) is 24.2 Å². The molecule has 0 bridgehead atoms. The summed E-state index contributed by atoms with van der Waals surface area (Å²) in [5, 5.41) is 0. The van der Waals surface area contributed by atoms with Gasteiger partial charge in [0.2, 0.25) is 5.91 Å².